The molecule has 2 aromatic rings. The number of rotatable bonds is 8. The summed E-state index contributed by atoms with van der Waals surface area (Å²) in [4.78, 5) is 43.4. The summed E-state index contributed by atoms with van der Waals surface area (Å²) in [6.45, 7) is 8.39. The van der Waals surface area contributed by atoms with Crippen LogP contribution in [0, 0.1) is 0 Å². The average molecular weight is 621 g/mol. The summed E-state index contributed by atoms with van der Waals surface area (Å²) < 4.78 is 1.90. The van der Waals surface area contributed by atoms with Crippen molar-refractivity contribution in [2.75, 3.05) is 50.7 Å². The Labute approximate surface area is 250 Å². The van der Waals surface area contributed by atoms with Gasteiger partial charge in [-0.25, -0.2) is 0 Å². The molecule has 2 N–H and O–H groups in total. The summed E-state index contributed by atoms with van der Waals surface area (Å²) in [5, 5.41) is 0. The van der Waals surface area contributed by atoms with E-state index in [2.05, 4.69) is 39.0 Å². The maximum atomic E-state index is 12.8. The predicted molar refractivity (Wildman–Crippen MR) is 162 cm³/mol. The summed E-state index contributed by atoms with van der Waals surface area (Å²) in [5.41, 5.74) is 7.43. The molecule has 6 rings (SSSR count). The van der Waals surface area contributed by atoms with Crippen LogP contribution in [0.4, 0.5) is 10.6 Å². The Kier molecular flexibility index (Phi) is 8.82. The van der Waals surface area contributed by atoms with Crippen molar-refractivity contribution in [3.63, 3.8) is 0 Å². The standard InChI is InChI=1S/C31H43AsN7O2/c1-2-36-18-19-39(31(36)41)26-8-5-15-38(21-26)27-20-34-28(30(33)40)29(35-27)32-24-11-9-22(10-12-24)23-13-16-37(17-14-23)25-6-3-4-7-25/h9-12,20,23,25-26H,2-8,13-19,21H2,1H3,(H2,33,40)/t26-/m1/s1. The Bertz CT molecular complexity index is 1230. The number of hydrogen-bond donors (Lipinski definition) is 1. The van der Waals surface area contributed by atoms with Gasteiger partial charge >= 0.3 is 251 Å². The van der Waals surface area contributed by atoms with Gasteiger partial charge in [0.15, 0.2) is 0 Å². The van der Waals surface area contributed by atoms with Crippen molar-refractivity contribution in [1.29, 1.82) is 0 Å². The molecule has 4 fully saturated rings. The first-order valence-corrected chi connectivity index (χ1v) is 17.4. The number of nitrogens with zero attached hydrogens (tertiary/aromatic N) is 6. The molecule has 3 amide bonds. The summed E-state index contributed by atoms with van der Waals surface area (Å²) in [6.07, 6.45) is 11.7. The zero-order valence-electron chi connectivity index (χ0n) is 24.2. The second-order valence-electron chi connectivity index (χ2n) is 12.0. The Morgan fingerprint density at radius 1 is 0.951 bits per heavy atom. The van der Waals surface area contributed by atoms with Crippen LogP contribution in [0.2, 0.25) is 0 Å². The molecule has 0 bridgehead atoms. The number of anilines is 1. The molecule has 4 heterocycles. The van der Waals surface area contributed by atoms with E-state index >= 15 is 0 Å². The van der Waals surface area contributed by atoms with Crippen LogP contribution in [-0.2, 0) is 0 Å². The second-order valence-corrected chi connectivity index (χ2v) is 14.5. The van der Waals surface area contributed by atoms with E-state index in [1.165, 1.54) is 61.5 Å². The molecule has 3 aliphatic heterocycles. The molecule has 41 heavy (non-hydrogen) atoms. The van der Waals surface area contributed by atoms with Gasteiger partial charge in [-0.15, -0.1) is 0 Å². The van der Waals surface area contributed by atoms with Crippen LogP contribution in [-0.4, -0.2) is 110 Å². The molecule has 1 aromatic heterocycles. The Hall–Kier alpha value is -2.64. The Balaban J connectivity index is 1.12. The number of benzene rings is 1. The number of urea groups is 1. The van der Waals surface area contributed by atoms with Gasteiger partial charge in [0.05, 0.1) is 0 Å². The van der Waals surface area contributed by atoms with E-state index in [1.54, 1.807) is 6.20 Å². The number of piperidine rings is 2. The SMILES string of the molecule is CCN1CCN([C@@H]2CCCN(c3cnc(C(N)=O)c([As]c4ccc(C5CCN(C6CCCC6)CC5)cc4)n3)C2)C1=O. The van der Waals surface area contributed by atoms with Crippen molar-refractivity contribution in [3.05, 3.63) is 41.7 Å². The first kappa shape index (κ1) is 28.5. The van der Waals surface area contributed by atoms with Gasteiger partial charge in [-0.05, 0) is 0 Å². The molecule has 4 aliphatic rings. The Morgan fingerprint density at radius 2 is 1.68 bits per heavy atom. The topological polar surface area (TPSA) is 98.9 Å². The van der Waals surface area contributed by atoms with E-state index in [-0.39, 0.29) is 17.8 Å². The van der Waals surface area contributed by atoms with E-state index in [9.17, 15) is 9.59 Å². The van der Waals surface area contributed by atoms with Crippen molar-refractivity contribution in [2.45, 2.75) is 76.3 Å². The molecule has 1 aromatic carbocycles. The van der Waals surface area contributed by atoms with Gasteiger partial charge in [0, 0.05) is 0 Å². The summed E-state index contributed by atoms with van der Waals surface area (Å²) in [7, 11) is 0. The predicted octanol–water partition coefficient (Wildman–Crippen LogP) is 2.08. The van der Waals surface area contributed by atoms with Crippen LogP contribution < -0.4 is 19.5 Å². The fourth-order valence-electron chi connectivity index (χ4n) is 7.24. The van der Waals surface area contributed by atoms with Gasteiger partial charge in [0.1, 0.15) is 0 Å². The number of primary amides is 1. The zero-order chi connectivity index (χ0) is 28.3. The van der Waals surface area contributed by atoms with Crippen LogP contribution in [0.3, 0.4) is 0 Å². The number of carbonyl (C=O) groups excluding carboxylic acids is 2. The average Bonchev–Trinajstić information content (AvgIpc) is 3.68. The quantitative estimate of drug-likeness (QED) is 0.454. The number of likely N-dealkylation sites (tertiary alicyclic amines) is 1. The monoisotopic (exact) mass is 620 g/mol. The van der Waals surface area contributed by atoms with E-state index in [0.29, 0.717) is 10.4 Å². The van der Waals surface area contributed by atoms with Crippen LogP contribution in [0.15, 0.2) is 30.5 Å². The first-order valence-electron chi connectivity index (χ1n) is 15.5. The van der Waals surface area contributed by atoms with Crippen molar-refractivity contribution in [1.82, 2.24) is 24.7 Å². The maximum absolute atomic E-state index is 12.8. The second kappa shape index (κ2) is 12.7. The number of likely N-dealkylation sites (N-methyl/N-ethyl adjacent to an activating group) is 1. The van der Waals surface area contributed by atoms with Crippen LogP contribution in [0.5, 0.6) is 0 Å². The molecular weight excluding hydrogens is 577 g/mol. The minimum atomic E-state index is -0.546. The van der Waals surface area contributed by atoms with Gasteiger partial charge in [-0.2, -0.15) is 0 Å². The normalized spacial score (nSPS) is 23.4. The molecule has 10 heteroatoms. The van der Waals surface area contributed by atoms with Gasteiger partial charge in [-0.1, -0.05) is 0 Å². The van der Waals surface area contributed by atoms with Crippen molar-refractivity contribution in [2.24, 2.45) is 5.73 Å². The van der Waals surface area contributed by atoms with Gasteiger partial charge in [0.2, 0.25) is 0 Å². The molecular formula is C31H43AsN7O2. The van der Waals surface area contributed by atoms with Gasteiger partial charge < -0.3 is 0 Å². The number of hydrogen-bond acceptors (Lipinski definition) is 6. The van der Waals surface area contributed by atoms with Crippen LogP contribution >= 0.6 is 0 Å². The van der Waals surface area contributed by atoms with E-state index in [0.717, 1.165) is 57.4 Å². The third kappa shape index (κ3) is 6.26. The molecule has 0 spiro atoms. The number of carbonyl (C=O) groups is 2. The zero-order valence-corrected chi connectivity index (χ0v) is 26.1. The molecule has 0 unspecified atom stereocenters. The Morgan fingerprint density at radius 3 is 2.37 bits per heavy atom. The summed E-state index contributed by atoms with van der Waals surface area (Å²) in [6, 6.07) is 10.1. The fraction of sp³-hybridized carbons (Fsp3) is 0.613. The molecule has 1 radical (unpaired) electrons. The molecule has 1 saturated carbocycles. The van der Waals surface area contributed by atoms with Gasteiger partial charge in [-0.3, -0.25) is 0 Å². The van der Waals surface area contributed by atoms with E-state index < -0.39 is 21.7 Å². The summed E-state index contributed by atoms with van der Waals surface area (Å²) >= 11 is -0.546. The fourth-order valence-corrected chi connectivity index (χ4v) is 9.27. The molecule has 3 saturated heterocycles. The number of amides is 3. The van der Waals surface area contributed by atoms with E-state index in [1.807, 2.05) is 16.7 Å². The first-order chi connectivity index (χ1) is 20.0. The third-order valence-electron chi connectivity index (χ3n) is 9.61. The third-order valence-corrected chi connectivity index (χ3v) is 11.9. The minimum absolute atomic E-state index is 0.142. The van der Waals surface area contributed by atoms with Crippen LogP contribution in [0.25, 0.3) is 0 Å². The van der Waals surface area contributed by atoms with Crippen molar-refractivity contribution in [3.8, 4) is 0 Å². The van der Waals surface area contributed by atoms with Crippen molar-refractivity contribution < 1.29 is 9.59 Å². The van der Waals surface area contributed by atoms with E-state index in [4.69, 9.17) is 10.7 Å². The van der Waals surface area contributed by atoms with Crippen molar-refractivity contribution >= 4 is 42.3 Å². The molecule has 9 nitrogen and oxygen atoms in total. The molecule has 219 valence electrons. The summed E-state index contributed by atoms with van der Waals surface area (Å²) in [5.74, 6) is 0.870. The number of nitrogens with two attached hydrogens (primary N) is 1. The number of aromatic nitrogens is 2. The van der Waals surface area contributed by atoms with Gasteiger partial charge in [0.25, 0.3) is 0 Å². The van der Waals surface area contributed by atoms with Crippen LogP contribution in [0.1, 0.15) is 80.3 Å². The molecule has 1 atom stereocenters. The molecule has 1 aliphatic carbocycles.